The van der Waals surface area contributed by atoms with Gasteiger partial charge in [-0.2, -0.15) is 0 Å². The molecule has 1 atom stereocenters. The second kappa shape index (κ2) is 8.97. The van der Waals surface area contributed by atoms with Crippen molar-refractivity contribution in [1.82, 2.24) is 5.32 Å². The van der Waals surface area contributed by atoms with Gasteiger partial charge in [0.25, 0.3) is 0 Å². The van der Waals surface area contributed by atoms with Gasteiger partial charge in [0.05, 0.1) is 0 Å². The number of ether oxygens (including phenoxy) is 1. The Labute approximate surface area is 101 Å². The van der Waals surface area contributed by atoms with Gasteiger partial charge in [-0.3, -0.25) is 0 Å². The zero-order chi connectivity index (χ0) is 12.4. The quantitative estimate of drug-likeness (QED) is 0.603. The molecule has 0 saturated heterocycles. The fourth-order valence-corrected chi connectivity index (χ4v) is 1.69. The molecule has 0 fully saturated rings. The molecule has 0 aliphatic heterocycles. The molecular weight excluding hydrogens is 200 g/mol. The van der Waals surface area contributed by atoms with E-state index in [0.717, 1.165) is 45.0 Å². The minimum absolute atomic E-state index is 0.323. The molecule has 0 spiro atoms. The van der Waals surface area contributed by atoms with Crippen molar-refractivity contribution >= 4 is 0 Å². The third-order valence-corrected chi connectivity index (χ3v) is 2.98. The molecule has 16 heavy (non-hydrogen) atoms. The molecule has 1 unspecified atom stereocenters. The standard InChI is InChI=1S/C13H30N2O/c1-12(6-5-8-14)10-15-11-13(2,3)7-9-16-4/h12,15H,5-11,14H2,1-4H3. The molecular formula is C13H30N2O. The van der Waals surface area contributed by atoms with E-state index in [1.54, 1.807) is 7.11 Å². The second-order valence-electron chi connectivity index (χ2n) is 5.57. The summed E-state index contributed by atoms with van der Waals surface area (Å²) < 4.78 is 5.12. The van der Waals surface area contributed by atoms with Crippen LogP contribution in [-0.2, 0) is 4.74 Å². The first-order valence-electron chi connectivity index (χ1n) is 6.41. The average molecular weight is 230 g/mol. The third-order valence-electron chi connectivity index (χ3n) is 2.98. The van der Waals surface area contributed by atoms with Gasteiger partial charge < -0.3 is 15.8 Å². The van der Waals surface area contributed by atoms with Gasteiger partial charge in [0.1, 0.15) is 0 Å². The molecule has 0 heterocycles. The van der Waals surface area contributed by atoms with Crippen LogP contribution in [0.15, 0.2) is 0 Å². The smallest absolute Gasteiger partial charge is 0.0467 e. The minimum atomic E-state index is 0.323. The van der Waals surface area contributed by atoms with Crippen molar-refractivity contribution in [1.29, 1.82) is 0 Å². The Morgan fingerprint density at radius 1 is 1.38 bits per heavy atom. The minimum Gasteiger partial charge on any atom is -0.385 e. The van der Waals surface area contributed by atoms with Crippen LogP contribution in [0.1, 0.15) is 40.0 Å². The largest absolute Gasteiger partial charge is 0.385 e. The van der Waals surface area contributed by atoms with Crippen LogP contribution in [0.4, 0.5) is 0 Å². The summed E-state index contributed by atoms with van der Waals surface area (Å²) >= 11 is 0. The second-order valence-corrected chi connectivity index (χ2v) is 5.57. The Morgan fingerprint density at radius 2 is 2.06 bits per heavy atom. The van der Waals surface area contributed by atoms with Crippen molar-refractivity contribution < 1.29 is 4.74 Å². The lowest BCUT2D eigenvalue weighted by Gasteiger charge is -2.25. The summed E-state index contributed by atoms with van der Waals surface area (Å²) in [5.74, 6) is 0.724. The molecule has 0 radical (unpaired) electrons. The maximum Gasteiger partial charge on any atom is 0.0467 e. The van der Waals surface area contributed by atoms with Crippen molar-refractivity contribution in [2.24, 2.45) is 17.1 Å². The van der Waals surface area contributed by atoms with Crippen molar-refractivity contribution in [3.63, 3.8) is 0 Å². The predicted molar refractivity (Wildman–Crippen MR) is 70.6 cm³/mol. The highest BCUT2D eigenvalue weighted by atomic mass is 16.5. The highest BCUT2D eigenvalue weighted by Crippen LogP contribution is 2.18. The summed E-state index contributed by atoms with van der Waals surface area (Å²) in [4.78, 5) is 0. The van der Waals surface area contributed by atoms with E-state index >= 15 is 0 Å². The third kappa shape index (κ3) is 9.13. The lowest BCUT2D eigenvalue weighted by molar-refractivity contribution is 0.150. The molecule has 3 nitrogen and oxygen atoms in total. The van der Waals surface area contributed by atoms with Gasteiger partial charge in [-0.1, -0.05) is 20.8 Å². The maximum absolute atomic E-state index is 5.50. The van der Waals surface area contributed by atoms with Crippen LogP contribution in [0.5, 0.6) is 0 Å². The van der Waals surface area contributed by atoms with E-state index in [1.165, 1.54) is 6.42 Å². The summed E-state index contributed by atoms with van der Waals surface area (Å²) in [5.41, 5.74) is 5.82. The highest BCUT2D eigenvalue weighted by molar-refractivity contribution is 4.72. The number of hydrogen-bond donors (Lipinski definition) is 2. The summed E-state index contributed by atoms with van der Waals surface area (Å²) in [5, 5.41) is 3.55. The van der Waals surface area contributed by atoms with E-state index in [9.17, 15) is 0 Å². The lowest BCUT2D eigenvalue weighted by Crippen LogP contribution is -2.33. The molecule has 0 aromatic rings. The van der Waals surface area contributed by atoms with Gasteiger partial charge in [0, 0.05) is 20.3 Å². The van der Waals surface area contributed by atoms with Gasteiger partial charge in [-0.15, -0.1) is 0 Å². The summed E-state index contributed by atoms with van der Waals surface area (Å²) in [6, 6.07) is 0. The molecule has 0 aromatic heterocycles. The molecule has 3 heteroatoms. The van der Waals surface area contributed by atoms with Crippen LogP contribution >= 0.6 is 0 Å². The van der Waals surface area contributed by atoms with Crippen LogP contribution in [-0.4, -0.2) is 33.4 Å². The van der Waals surface area contributed by atoms with Crippen molar-refractivity contribution in [3.8, 4) is 0 Å². The number of nitrogens with two attached hydrogens (primary N) is 1. The topological polar surface area (TPSA) is 47.3 Å². The monoisotopic (exact) mass is 230 g/mol. The fourth-order valence-electron chi connectivity index (χ4n) is 1.69. The number of hydrogen-bond acceptors (Lipinski definition) is 3. The van der Waals surface area contributed by atoms with Gasteiger partial charge in [-0.25, -0.2) is 0 Å². The van der Waals surface area contributed by atoms with Gasteiger partial charge in [-0.05, 0) is 43.7 Å². The number of rotatable bonds is 10. The van der Waals surface area contributed by atoms with E-state index in [1.807, 2.05) is 0 Å². The summed E-state index contributed by atoms with van der Waals surface area (Å²) in [6.07, 6.45) is 3.46. The number of nitrogens with one attached hydrogen (secondary N) is 1. The van der Waals surface area contributed by atoms with Crippen molar-refractivity contribution in [2.45, 2.75) is 40.0 Å². The zero-order valence-corrected chi connectivity index (χ0v) is 11.5. The zero-order valence-electron chi connectivity index (χ0n) is 11.5. The first-order chi connectivity index (χ1) is 7.52. The molecule has 0 aliphatic rings. The van der Waals surface area contributed by atoms with E-state index in [0.29, 0.717) is 5.41 Å². The molecule has 0 aromatic carbocycles. The fraction of sp³-hybridized carbons (Fsp3) is 1.00. The van der Waals surface area contributed by atoms with E-state index in [-0.39, 0.29) is 0 Å². The average Bonchev–Trinajstić information content (AvgIpc) is 2.23. The SMILES string of the molecule is COCCC(C)(C)CNCC(C)CCCN. The van der Waals surface area contributed by atoms with Gasteiger partial charge >= 0.3 is 0 Å². The molecule has 0 rings (SSSR count). The molecule has 98 valence electrons. The first-order valence-corrected chi connectivity index (χ1v) is 6.41. The summed E-state index contributed by atoms with van der Waals surface area (Å²) in [7, 11) is 1.76. The molecule has 0 saturated carbocycles. The first kappa shape index (κ1) is 15.9. The van der Waals surface area contributed by atoms with Crippen molar-refractivity contribution in [2.75, 3.05) is 33.4 Å². The normalized spacial score (nSPS) is 14.1. The van der Waals surface area contributed by atoms with Gasteiger partial charge in [0.2, 0.25) is 0 Å². The van der Waals surface area contributed by atoms with E-state index in [4.69, 9.17) is 10.5 Å². The lowest BCUT2D eigenvalue weighted by atomic mass is 9.89. The summed E-state index contributed by atoms with van der Waals surface area (Å²) in [6.45, 7) is 10.7. The Morgan fingerprint density at radius 3 is 2.62 bits per heavy atom. The van der Waals surface area contributed by atoms with E-state index < -0.39 is 0 Å². The molecule has 0 bridgehead atoms. The highest BCUT2D eigenvalue weighted by Gasteiger charge is 2.17. The number of methoxy groups -OCH3 is 1. The predicted octanol–water partition coefficient (Wildman–Crippen LogP) is 2.01. The Balaban J connectivity index is 3.54. The van der Waals surface area contributed by atoms with Crippen LogP contribution < -0.4 is 11.1 Å². The van der Waals surface area contributed by atoms with Crippen LogP contribution in [0.25, 0.3) is 0 Å². The van der Waals surface area contributed by atoms with Crippen LogP contribution in [0.2, 0.25) is 0 Å². The van der Waals surface area contributed by atoms with Crippen molar-refractivity contribution in [3.05, 3.63) is 0 Å². The van der Waals surface area contributed by atoms with Crippen LogP contribution in [0.3, 0.4) is 0 Å². The Kier molecular flexibility index (Phi) is 8.90. The van der Waals surface area contributed by atoms with E-state index in [2.05, 4.69) is 26.1 Å². The Bertz CT molecular complexity index is 160. The van der Waals surface area contributed by atoms with Crippen LogP contribution in [0, 0.1) is 11.3 Å². The molecule has 0 aliphatic carbocycles. The molecule has 3 N–H and O–H groups in total. The van der Waals surface area contributed by atoms with Gasteiger partial charge in [0.15, 0.2) is 0 Å². The molecule has 0 amide bonds. The Hall–Kier alpha value is -0.120. The maximum atomic E-state index is 5.50.